The van der Waals surface area contributed by atoms with Crippen LogP contribution in [-0.2, 0) is 22.7 Å². The molecule has 0 aromatic heterocycles. The Kier molecular flexibility index (Phi) is 5.51. The van der Waals surface area contributed by atoms with E-state index in [4.69, 9.17) is 4.74 Å². The molecule has 0 saturated carbocycles. The van der Waals surface area contributed by atoms with Crippen molar-refractivity contribution in [2.45, 2.75) is 45.2 Å². The highest BCUT2D eigenvalue weighted by Gasteiger charge is 2.52. The summed E-state index contributed by atoms with van der Waals surface area (Å²) < 4.78 is 5.88. The molecule has 1 heterocycles. The zero-order chi connectivity index (χ0) is 17.8. The minimum atomic E-state index is -0.609. The Labute approximate surface area is 149 Å². The number of hydrogen-bond donors (Lipinski definition) is 1. The Morgan fingerprint density at radius 3 is 2.12 bits per heavy atom. The Bertz CT molecular complexity index is 687. The molecule has 25 heavy (non-hydrogen) atoms. The number of carbonyl (C=O) groups is 1. The molecule has 3 atom stereocenters. The van der Waals surface area contributed by atoms with Gasteiger partial charge in [-0.05, 0) is 17.0 Å². The predicted octanol–water partition coefficient (Wildman–Crippen LogP) is 3.00. The number of aliphatic hydroxyl groups is 1. The van der Waals surface area contributed by atoms with Crippen LogP contribution in [0.5, 0.6) is 0 Å². The van der Waals surface area contributed by atoms with Crippen molar-refractivity contribution in [3.63, 3.8) is 0 Å². The number of amides is 1. The molecule has 0 aliphatic carbocycles. The van der Waals surface area contributed by atoms with Gasteiger partial charge >= 0.3 is 0 Å². The van der Waals surface area contributed by atoms with Crippen molar-refractivity contribution < 1.29 is 14.6 Å². The SMILES string of the molecule is CC(C)[C@@H](O)[C@H]1[C@@H](OCc2ccccc2)C(=O)N1Cc1ccccc1. The summed E-state index contributed by atoms with van der Waals surface area (Å²) in [7, 11) is 0. The molecule has 4 heteroatoms. The first kappa shape index (κ1) is 17.6. The zero-order valence-corrected chi connectivity index (χ0v) is 14.7. The van der Waals surface area contributed by atoms with Gasteiger partial charge in [-0.25, -0.2) is 0 Å². The number of rotatable bonds is 7. The second-order valence-corrected chi connectivity index (χ2v) is 6.89. The number of benzene rings is 2. The molecule has 0 unspecified atom stereocenters. The number of ether oxygens (including phenoxy) is 1. The van der Waals surface area contributed by atoms with E-state index < -0.39 is 12.2 Å². The van der Waals surface area contributed by atoms with Crippen LogP contribution in [0.15, 0.2) is 60.7 Å². The molecular weight excluding hydrogens is 314 g/mol. The predicted molar refractivity (Wildman–Crippen MR) is 96.6 cm³/mol. The molecule has 1 aliphatic heterocycles. The van der Waals surface area contributed by atoms with Gasteiger partial charge in [0.2, 0.25) is 0 Å². The number of likely N-dealkylation sites (tertiary alicyclic amines) is 1. The molecule has 2 aromatic carbocycles. The van der Waals surface area contributed by atoms with E-state index in [1.54, 1.807) is 4.90 Å². The van der Waals surface area contributed by atoms with Crippen molar-refractivity contribution in [3.05, 3.63) is 71.8 Å². The normalized spacial score (nSPS) is 21.3. The molecule has 2 aromatic rings. The number of nitrogens with zero attached hydrogens (tertiary/aromatic N) is 1. The maximum Gasteiger partial charge on any atom is 0.254 e. The van der Waals surface area contributed by atoms with E-state index in [0.29, 0.717) is 13.2 Å². The first-order valence-corrected chi connectivity index (χ1v) is 8.76. The molecule has 1 amide bonds. The fraction of sp³-hybridized carbons (Fsp3) is 0.381. The topological polar surface area (TPSA) is 49.8 Å². The zero-order valence-electron chi connectivity index (χ0n) is 14.7. The van der Waals surface area contributed by atoms with Gasteiger partial charge in [-0.3, -0.25) is 4.79 Å². The van der Waals surface area contributed by atoms with Crippen molar-refractivity contribution >= 4 is 5.91 Å². The summed E-state index contributed by atoms with van der Waals surface area (Å²) in [4.78, 5) is 14.3. The van der Waals surface area contributed by atoms with E-state index in [9.17, 15) is 9.90 Å². The average molecular weight is 339 g/mol. The van der Waals surface area contributed by atoms with Crippen LogP contribution in [0.1, 0.15) is 25.0 Å². The van der Waals surface area contributed by atoms with Crippen LogP contribution in [-0.4, -0.2) is 34.2 Å². The lowest BCUT2D eigenvalue weighted by molar-refractivity contribution is -0.191. The minimum absolute atomic E-state index is 0.0514. The second-order valence-electron chi connectivity index (χ2n) is 6.89. The third kappa shape index (κ3) is 3.91. The van der Waals surface area contributed by atoms with Gasteiger partial charge in [0, 0.05) is 6.54 Å². The van der Waals surface area contributed by atoms with E-state index in [0.717, 1.165) is 11.1 Å². The van der Waals surface area contributed by atoms with Gasteiger partial charge in [0.1, 0.15) is 0 Å². The van der Waals surface area contributed by atoms with Crippen molar-refractivity contribution in [2.24, 2.45) is 5.92 Å². The summed E-state index contributed by atoms with van der Waals surface area (Å²) >= 11 is 0. The Morgan fingerprint density at radius 1 is 1.00 bits per heavy atom. The number of carbonyl (C=O) groups excluding carboxylic acids is 1. The Hall–Kier alpha value is -2.17. The van der Waals surface area contributed by atoms with Gasteiger partial charge in [0.15, 0.2) is 6.10 Å². The monoisotopic (exact) mass is 339 g/mol. The van der Waals surface area contributed by atoms with E-state index in [1.807, 2.05) is 74.5 Å². The third-order valence-corrected chi connectivity index (χ3v) is 4.70. The van der Waals surface area contributed by atoms with Crippen LogP contribution in [0, 0.1) is 5.92 Å². The maximum absolute atomic E-state index is 12.6. The van der Waals surface area contributed by atoms with Crippen LogP contribution in [0.25, 0.3) is 0 Å². The highest BCUT2D eigenvalue weighted by Crippen LogP contribution is 2.31. The van der Waals surface area contributed by atoms with Gasteiger partial charge < -0.3 is 14.7 Å². The van der Waals surface area contributed by atoms with E-state index in [2.05, 4.69) is 0 Å². The minimum Gasteiger partial charge on any atom is -0.391 e. The summed E-state index contributed by atoms with van der Waals surface area (Å²) in [5, 5.41) is 10.6. The molecule has 0 radical (unpaired) electrons. The first-order valence-electron chi connectivity index (χ1n) is 8.76. The van der Waals surface area contributed by atoms with E-state index in [-0.39, 0.29) is 17.9 Å². The molecule has 1 fully saturated rings. The van der Waals surface area contributed by atoms with Crippen molar-refractivity contribution in [1.82, 2.24) is 4.90 Å². The molecule has 4 nitrogen and oxygen atoms in total. The summed E-state index contributed by atoms with van der Waals surface area (Å²) in [6.45, 7) is 4.79. The fourth-order valence-corrected chi connectivity index (χ4v) is 3.19. The first-order chi connectivity index (χ1) is 12.1. The summed E-state index contributed by atoms with van der Waals surface area (Å²) in [6.07, 6.45) is -1.19. The fourth-order valence-electron chi connectivity index (χ4n) is 3.19. The van der Waals surface area contributed by atoms with E-state index >= 15 is 0 Å². The van der Waals surface area contributed by atoms with Gasteiger partial charge in [0.25, 0.3) is 5.91 Å². The van der Waals surface area contributed by atoms with Crippen molar-refractivity contribution in [2.75, 3.05) is 0 Å². The quantitative estimate of drug-likeness (QED) is 0.789. The molecule has 1 N–H and O–H groups in total. The van der Waals surface area contributed by atoms with Crippen LogP contribution in [0.2, 0.25) is 0 Å². The van der Waals surface area contributed by atoms with Crippen LogP contribution >= 0.6 is 0 Å². The van der Waals surface area contributed by atoms with Gasteiger partial charge in [-0.1, -0.05) is 74.5 Å². The van der Waals surface area contributed by atoms with Crippen LogP contribution < -0.4 is 0 Å². The lowest BCUT2D eigenvalue weighted by Crippen LogP contribution is -2.70. The van der Waals surface area contributed by atoms with Gasteiger partial charge in [0.05, 0.1) is 18.8 Å². The van der Waals surface area contributed by atoms with Gasteiger partial charge in [-0.2, -0.15) is 0 Å². The smallest absolute Gasteiger partial charge is 0.254 e. The van der Waals surface area contributed by atoms with Gasteiger partial charge in [-0.15, -0.1) is 0 Å². The van der Waals surface area contributed by atoms with Crippen LogP contribution in [0.4, 0.5) is 0 Å². The number of aliphatic hydroxyl groups excluding tert-OH is 1. The summed E-state index contributed by atoms with van der Waals surface area (Å²) in [5.74, 6) is 0.00341. The van der Waals surface area contributed by atoms with Crippen molar-refractivity contribution in [1.29, 1.82) is 0 Å². The molecule has 1 saturated heterocycles. The number of β-lactam (4-membered cyclic amide) rings is 1. The molecule has 0 bridgehead atoms. The molecule has 0 spiro atoms. The molecule has 3 rings (SSSR count). The highest BCUT2D eigenvalue weighted by molar-refractivity contribution is 5.88. The summed E-state index contributed by atoms with van der Waals surface area (Å²) in [5.41, 5.74) is 2.08. The lowest BCUT2D eigenvalue weighted by atomic mass is 9.86. The molecule has 1 aliphatic rings. The standard InChI is InChI=1S/C21H25NO3/c1-15(2)19(23)18-20(25-14-17-11-7-4-8-12-17)21(24)22(18)13-16-9-5-3-6-10-16/h3-12,15,18-20,23H,13-14H2,1-2H3/t18-,19+,20+/m0/s1. The Morgan fingerprint density at radius 2 is 1.56 bits per heavy atom. The average Bonchev–Trinajstić information content (AvgIpc) is 2.64. The third-order valence-electron chi connectivity index (χ3n) is 4.70. The van der Waals surface area contributed by atoms with E-state index in [1.165, 1.54) is 0 Å². The lowest BCUT2D eigenvalue weighted by Gasteiger charge is -2.49. The molecular formula is C21H25NO3. The van der Waals surface area contributed by atoms with Crippen molar-refractivity contribution in [3.8, 4) is 0 Å². The number of hydrogen-bond acceptors (Lipinski definition) is 3. The summed E-state index contributed by atoms with van der Waals surface area (Å²) in [6, 6.07) is 19.3. The highest BCUT2D eigenvalue weighted by atomic mass is 16.5. The second kappa shape index (κ2) is 7.81. The maximum atomic E-state index is 12.6. The van der Waals surface area contributed by atoms with Crippen LogP contribution in [0.3, 0.4) is 0 Å². The molecule has 132 valence electrons. The largest absolute Gasteiger partial charge is 0.391 e. The Balaban J connectivity index is 1.70.